The minimum atomic E-state index is -0.331. The predicted molar refractivity (Wildman–Crippen MR) is 79.0 cm³/mol. The molecule has 1 unspecified atom stereocenters. The summed E-state index contributed by atoms with van der Waals surface area (Å²) in [6.07, 6.45) is 7.23. The van der Waals surface area contributed by atoms with Gasteiger partial charge in [-0.2, -0.15) is 4.98 Å². The number of hydrogen-bond acceptors (Lipinski definition) is 5. The monoisotopic (exact) mass is 306 g/mol. The van der Waals surface area contributed by atoms with E-state index in [1.165, 1.54) is 25.7 Å². The zero-order chi connectivity index (χ0) is 15.5. The van der Waals surface area contributed by atoms with Crippen LogP contribution in [-0.2, 0) is 9.59 Å². The Hall–Kier alpha value is -1.92. The molecule has 1 saturated heterocycles. The van der Waals surface area contributed by atoms with Gasteiger partial charge in [0.25, 0.3) is 0 Å². The summed E-state index contributed by atoms with van der Waals surface area (Å²) in [6.45, 7) is 2.19. The molecule has 2 fully saturated rings. The second kappa shape index (κ2) is 6.46. The summed E-state index contributed by atoms with van der Waals surface area (Å²) in [5, 5.41) is 6.23. The highest BCUT2D eigenvalue weighted by molar-refractivity contribution is 5.96. The SMILES string of the molecule is Cc1noc(NC(=O)C2CC(=O)N(C3CCCCCC3)C2)n1. The van der Waals surface area contributed by atoms with Crippen LogP contribution in [0.1, 0.15) is 50.8 Å². The Morgan fingerprint density at radius 2 is 2.00 bits per heavy atom. The first-order valence-electron chi connectivity index (χ1n) is 8.04. The van der Waals surface area contributed by atoms with E-state index in [4.69, 9.17) is 4.52 Å². The molecule has 1 aliphatic carbocycles. The first kappa shape index (κ1) is 15.0. The van der Waals surface area contributed by atoms with E-state index >= 15 is 0 Å². The maximum absolute atomic E-state index is 12.3. The Kier molecular flexibility index (Phi) is 4.40. The maximum Gasteiger partial charge on any atom is 0.328 e. The molecule has 2 aliphatic rings. The van der Waals surface area contributed by atoms with Crippen LogP contribution in [-0.4, -0.2) is 39.4 Å². The second-order valence-electron chi connectivity index (χ2n) is 6.23. The molecule has 0 bridgehead atoms. The van der Waals surface area contributed by atoms with Crippen LogP contribution in [0.25, 0.3) is 0 Å². The van der Waals surface area contributed by atoms with E-state index in [-0.39, 0.29) is 30.2 Å². The number of likely N-dealkylation sites (tertiary alicyclic amines) is 1. The molecule has 2 heterocycles. The quantitative estimate of drug-likeness (QED) is 0.861. The van der Waals surface area contributed by atoms with Crippen molar-refractivity contribution in [3.05, 3.63) is 5.82 Å². The summed E-state index contributed by atoms with van der Waals surface area (Å²) in [4.78, 5) is 30.4. The molecule has 120 valence electrons. The topological polar surface area (TPSA) is 88.3 Å². The van der Waals surface area contributed by atoms with Crippen LogP contribution in [0.4, 0.5) is 6.01 Å². The Morgan fingerprint density at radius 3 is 2.64 bits per heavy atom. The molecule has 3 rings (SSSR count). The van der Waals surface area contributed by atoms with Crippen molar-refractivity contribution in [2.24, 2.45) is 5.92 Å². The lowest BCUT2D eigenvalue weighted by atomic mass is 10.1. The van der Waals surface area contributed by atoms with Gasteiger partial charge in [0.1, 0.15) is 0 Å². The minimum Gasteiger partial charge on any atom is -0.339 e. The van der Waals surface area contributed by atoms with Gasteiger partial charge in [-0.3, -0.25) is 14.9 Å². The lowest BCUT2D eigenvalue weighted by Crippen LogP contribution is -2.37. The minimum absolute atomic E-state index is 0.0914. The first-order valence-corrected chi connectivity index (χ1v) is 8.04. The highest BCUT2D eigenvalue weighted by atomic mass is 16.5. The van der Waals surface area contributed by atoms with Crippen molar-refractivity contribution in [2.75, 3.05) is 11.9 Å². The molecule has 22 heavy (non-hydrogen) atoms. The zero-order valence-corrected chi connectivity index (χ0v) is 12.9. The average molecular weight is 306 g/mol. The van der Waals surface area contributed by atoms with Crippen molar-refractivity contribution >= 4 is 17.8 Å². The van der Waals surface area contributed by atoms with E-state index in [9.17, 15) is 9.59 Å². The first-order chi connectivity index (χ1) is 10.6. The number of aromatic nitrogens is 2. The molecule has 1 atom stereocenters. The highest BCUT2D eigenvalue weighted by Gasteiger charge is 2.38. The van der Waals surface area contributed by atoms with Crippen LogP contribution in [0.5, 0.6) is 0 Å². The summed E-state index contributed by atoms with van der Waals surface area (Å²) in [6, 6.07) is 0.404. The van der Waals surface area contributed by atoms with Gasteiger partial charge in [0.05, 0.1) is 5.92 Å². The summed E-state index contributed by atoms with van der Waals surface area (Å²) in [7, 11) is 0. The van der Waals surface area contributed by atoms with Gasteiger partial charge in [0.2, 0.25) is 11.8 Å². The number of carbonyl (C=O) groups excluding carboxylic acids is 2. The fraction of sp³-hybridized carbons (Fsp3) is 0.733. The molecule has 1 aliphatic heterocycles. The molecule has 0 radical (unpaired) electrons. The molecular weight excluding hydrogens is 284 g/mol. The van der Waals surface area contributed by atoms with Crippen LogP contribution in [0.2, 0.25) is 0 Å². The number of nitrogens with one attached hydrogen (secondary N) is 1. The van der Waals surface area contributed by atoms with E-state index in [2.05, 4.69) is 15.5 Å². The number of amides is 2. The van der Waals surface area contributed by atoms with E-state index < -0.39 is 0 Å². The molecule has 7 nitrogen and oxygen atoms in total. The van der Waals surface area contributed by atoms with Gasteiger partial charge in [0, 0.05) is 19.0 Å². The largest absolute Gasteiger partial charge is 0.339 e. The fourth-order valence-electron chi connectivity index (χ4n) is 3.38. The van der Waals surface area contributed by atoms with E-state index in [1.807, 2.05) is 4.90 Å². The maximum atomic E-state index is 12.3. The standard InChI is InChI=1S/C15H22N4O3/c1-10-16-15(22-18-10)17-14(21)11-8-13(20)19(9-11)12-6-4-2-3-5-7-12/h11-12H,2-9H2,1H3,(H,16,17,18,21). The highest BCUT2D eigenvalue weighted by Crippen LogP contribution is 2.28. The summed E-state index contributed by atoms with van der Waals surface area (Å²) in [5.74, 6) is 0.0164. The van der Waals surface area contributed by atoms with E-state index in [0.29, 0.717) is 18.4 Å². The summed E-state index contributed by atoms with van der Waals surface area (Å²) >= 11 is 0. The van der Waals surface area contributed by atoms with Crippen LogP contribution in [0, 0.1) is 12.8 Å². The number of carbonyl (C=O) groups is 2. The number of hydrogen-bond donors (Lipinski definition) is 1. The molecule has 0 spiro atoms. The molecule has 1 N–H and O–H groups in total. The second-order valence-corrected chi connectivity index (χ2v) is 6.23. The van der Waals surface area contributed by atoms with Gasteiger partial charge in [-0.05, 0) is 19.8 Å². The molecule has 1 aromatic heterocycles. The third-order valence-electron chi connectivity index (χ3n) is 4.55. The van der Waals surface area contributed by atoms with E-state index in [0.717, 1.165) is 12.8 Å². The number of nitrogens with zero attached hydrogens (tertiary/aromatic N) is 3. The number of rotatable bonds is 3. The van der Waals surface area contributed by atoms with Crippen molar-refractivity contribution in [2.45, 2.75) is 57.9 Å². The average Bonchev–Trinajstić information content (AvgIpc) is 2.96. The van der Waals surface area contributed by atoms with Crippen molar-refractivity contribution < 1.29 is 14.1 Å². The predicted octanol–water partition coefficient (Wildman–Crippen LogP) is 1.89. The molecule has 2 amide bonds. The van der Waals surface area contributed by atoms with Crippen LogP contribution >= 0.6 is 0 Å². The van der Waals surface area contributed by atoms with Gasteiger partial charge in [-0.25, -0.2) is 0 Å². The Balaban J connectivity index is 1.59. The van der Waals surface area contributed by atoms with Gasteiger partial charge < -0.3 is 9.42 Å². The lowest BCUT2D eigenvalue weighted by molar-refractivity contribution is -0.130. The number of aryl methyl sites for hydroxylation is 1. The van der Waals surface area contributed by atoms with Crippen LogP contribution < -0.4 is 5.32 Å². The fourth-order valence-corrected chi connectivity index (χ4v) is 3.38. The van der Waals surface area contributed by atoms with Crippen LogP contribution in [0.3, 0.4) is 0 Å². The molecule has 1 saturated carbocycles. The lowest BCUT2D eigenvalue weighted by Gasteiger charge is -2.27. The third kappa shape index (κ3) is 3.28. The molecular formula is C15H22N4O3. The van der Waals surface area contributed by atoms with Gasteiger partial charge >= 0.3 is 6.01 Å². The molecule has 7 heteroatoms. The van der Waals surface area contributed by atoms with Crippen molar-refractivity contribution in [3.8, 4) is 0 Å². The third-order valence-corrected chi connectivity index (χ3v) is 4.55. The Morgan fingerprint density at radius 1 is 1.27 bits per heavy atom. The zero-order valence-electron chi connectivity index (χ0n) is 12.9. The van der Waals surface area contributed by atoms with Crippen LogP contribution in [0.15, 0.2) is 4.52 Å². The molecule has 0 aromatic carbocycles. The summed E-state index contributed by atoms with van der Waals surface area (Å²) in [5.41, 5.74) is 0. The van der Waals surface area contributed by atoms with Gasteiger partial charge in [-0.15, -0.1) is 0 Å². The van der Waals surface area contributed by atoms with Crippen molar-refractivity contribution in [3.63, 3.8) is 0 Å². The molecule has 1 aromatic rings. The smallest absolute Gasteiger partial charge is 0.328 e. The van der Waals surface area contributed by atoms with Crippen molar-refractivity contribution in [1.82, 2.24) is 15.0 Å². The van der Waals surface area contributed by atoms with E-state index in [1.54, 1.807) is 6.92 Å². The number of anilines is 1. The normalized spacial score (nSPS) is 23.6. The van der Waals surface area contributed by atoms with Gasteiger partial charge in [-0.1, -0.05) is 30.8 Å². The van der Waals surface area contributed by atoms with Crippen molar-refractivity contribution in [1.29, 1.82) is 0 Å². The van der Waals surface area contributed by atoms with Gasteiger partial charge in [0.15, 0.2) is 5.82 Å². The Labute approximate surface area is 129 Å². The Bertz CT molecular complexity index is 549. The summed E-state index contributed by atoms with van der Waals surface area (Å²) < 4.78 is 4.89.